The maximum atomic E-state index is 13.1. The number of benzene rings is 1. The number of carbonyl (C=O) groups is 1. The lowest BCUT2D eigenvalue weighted by atomic mass is 9.91. The Kier molecular flexibility index (Phi) is 4.68. The van der Waals surface area contributed by atoms with E-state index in [9.17, 15) is 4.79 Å². The molecule has 2 fully saturated rings. The van der Waals surface area contributed by atoms with Crippen LogP contribution in [0.25, 0.3) is 33.1 Å². The molecule has 6 nitrogen and oxygen atoms in total. The minimum absolute atomic E-state index is 0.151. The number of Topliss-reactive ketones (excluding diaryl/α,β-unsaturated/α-hetero) is 1. The average Bonchev–Trinajstić information content (AvgIpc) is 3.57. The molecule has 3 aromatic heterocycles. The monoisotopic (exact) mass is 425 g/mol. The summed E-state index contributed by atoms with van der Waals surface area (Å²) < 4.78 is 0. The quantitative estimate of drug-likeness (QED) is 0.389. The summed E-state index contributed by atoms with van der Waals surface area (Å²) in [4.78, 5) is 25.5. The molecule has 0 unspecified atom stereocenters. The second-order valence-corrected chi connectivity index (χ2v) is 9.31. The Morgan fingerprint density at radius 2 is 1.81 bits per heavy atom. The third-order valence-corrected chi connectivity index (χ3v) is 6.94. The number of aromatic amines is 1. The highest BCUT2D eigenvalue weighted by atomic mass is 16.1. The highest BCUT2D eigenvalue weighted by molar-refractivity contribution is 6.10. The average molecular weight is 426 g/mol. The van der Waals surface area contributed by atoms with Crippen molar-refractivity contribution in [3.8, 4) is 11.1 Å². The number of ketones is 1. The summed E-state index contributed by atoms with van der Waals surface area (Å²) in [6, 6.07) is 11.1. The lowest BCUT2D eigenvalue weighted by molar-refractivity contribution is 0.0968. The van der Waals surface area contributed by atoms with Gasteiger partial charge in [-0.1, -0.05) is 6.07 Å². The minimum Gasteiger partial charge on any atom is -0.381 e. The molecule has 2 saturated carbocycles. The Morgan fingerprint density at radius 1 is 0.969 bits per heavy atom. The van der Waals surface area contributed by atoms with Gasteiger partial charge in [-0.2, -0.15) is 0 Å². The molecule has 2 aliphatic carbocycles. The zero-order valence-electron chi connectivity index (χ0n) is 18.0. The Morgan fingerprint density at radius 3 is 2.62 bits per heavy atom. The molecule has 0 saturated heterocycles. The van der Waals surface area contributed by atoms with Gasteiger partial charge in [0, 0.05) is 52.9 Å². The minimum atomic E-state index is 0.151. The van der Waals surface area contributed by atoms with Gasteiger partial charge in [0.2, 0.25) is 0 Å². The summed E-state index contributed by atoms with van der Waals surface area (Å²) in [5.74, 6) is 0.369. The highest BCUT2D eigenvalue weighted by Gasteiger charge is 2.33. The summed E-state index contributed by atoms with van der Waals surface area (Å²) in [5.41, 5.74) is 11.7. The third-order valence-electron chi connectivity index (χ3n) is 6.94. The van der Waals surface area contributed by atoms with Gasteiger partial charge < -0.3 is 16.0 Å². The molecule has 4 aromatic rings. The first-order valence-electron chi connectivity index (χ1n) is 11.6. The van der Waals surface area contributed by atoms with Crippen LogP contribution in [0.2, 0.25) is 0 Å². The van der Waals surface area contributed by atoms with Crippen molar-refractivity contribution >= 4 is 33.4 Å². The second kappa shape index (κ2) is 7.71. The SMILES string of the molecule is N[C@H]1CC[C@H](Nc2c(C(=O)C3CC3)cnc3ccc(-c4cnc5[nH]ccc5c4)cc23)CC1. The highest BCUT2D eigenvalue weighted by Crippen LogP contribution is 2.38. The van der Waals surface area contributed by atoms with Crippen molar-refractivity contribution in [3.05, 3.63) is 54.5 Å². The molecule has 6 rings (SSSR count). The number of hydrogen-bond donors (Lipinski definition) is 3. The number of nitrogens with zero attached hydrogens (tertiary/aromatic N) is 2. The number of H-pyrrole nitrogens is 1. The molecular formula is C26H27N5O. The van der Waals surface area contributed by atoms with E-state index in [1.165, 1.54) is 0 Å². The molecule has 0 atom stereocenters. The van der Waals surface area contributed by atoms with Crippen molar-refractivity contribution in [2.45, 2.75) is 50.6 Å². The Balaban J connectivity index is 1.46. The van der Waals surface area contributed by atoms with E-state index in [0.717, 1.165) is 82.8 Å². The van der Waals surface area contributed by atoms with Gasteiger partial charge >= 0.3 is 0 Å². The van der Waals surface area contributed by atoms with E-state index < -0.39 is 0 Å². The molecule has 1 aromatic carbocycles. The number of pyridine rings is 2. The maximum absolute atomic E-state index is 13.1. The molecule has 0 spiro atoms. The summed E-state index contributed by atoms with van der Waals surface area (Å²) in [7, 11) is 0. The predicted molar refractivity (Wildman–Crippen MR) is 128 cm³/mol. The van der Waals surface area contributed by atoms with E-state index in [2.05, 4.69) is 38.5 Å². The topological polar surface area (TPSA) is 96.7 Å². The number of fused-ring (bicyclic) bond motifs is 2. The van der Waals surface area contributed by atoms with Crippen LogP contribution in [0.4, 0.5) is 5.69 Å². The number of rotatable bonds is 5. The molecule has 0 amide bonds. The summed E-state index contributed by atoms with van der Waals surface area (Å²) >= 11 is 0. The number of anilines is 1. The lowest BCUT2D eigenvalue weighted by Gasteiger charge is -2.29. The number of hydrogen-bond acceptors (Lipinski definition) is 5. The van der Waals surface area contributed by atoms with Gasteiger partial charge in [-0.3, -0.25) is 9.78 Å². The first-order valence-corrected chi connectivity index (χ1v) is 11.6. The zero-order valence-corrected chi connectivity index (χ0v) is 18.0. The summed E-state index contributed by atoms with van der Waals surface area (Å²) in [6.07, 6.45) is 11.6. The first-order chi connectivity index (χ1) is 15.7. The van der Waals surface area contributed by atoms with Crippen LogP contribution in [0, 0.1) is 5.92 Å². The molecule has 3 heterocycles. The molecule has 0 bridgehead atoms. The molecule has 32 heavy (non-hydrogen) atoms. The van der Waals surface area contributed by atoms with Gasteiger partial charge in [-0.05, 0) is 68.4 Å². The smallest absolute Gasteiger partial charge is 0.169 e. The summed E-state index contributed by atoms with van der Waals surface area (Å²) in [6.45, 7) is 0. The van der Waals surface area contributed by atoms with Crippen LogP contribution in [0.1, 0.15) is 48.9 Å². The van der Waals surface area contributed by atoms with E-state index in [1.807, 2.05) is 24.5 Å². The van der Waals surface area contributed by atoms with Gasteiger partial charge in [0.25, 0.3) is 0 Å². The van der Waals surface area contributed by atoms with Crippen LogP contribution in [0.3, 0.4) is 0 Å². The van der Waals surface area contributed by atoms with Crippen LogP contribution in [-0.2, 0) is 0 Å². The van der Waals surface area contributed by atoms with Gasteiger partial charge in [0.05, 0.1) is 16.8 Å². The zero-order chi connectivity index (χ0) is 21.7. The molecule has 162 valence electrons. The normalized spacial score (nSPS) is 21.2. The third kappa shape index (κ3) is 3.54. The Bertz CT molecular complexity index is 1310. The van der Waals surface area contributed by atoms with Crippen LogP contribution in [0.15, 0.2) is 48.9 Å². The number of nitrogens with one attached hydrogen (secondary N) is 2. The largest absolute Gasteiger partial charge is 0.381 e. The van der Waals surface area contributed by atoms with Gasteiger partial charge in [0.15, 0.2) is 5.78 Å². The Hall–Kier alpha value is -3.25. The molecular weight excluding hydrogens is 398 g/mol. The van der Waals surface area contributed by atoms with Crippen molar-refractivity contribution in [1.29, 1.82) is 0 Å². The van der Waals surface area contributed by atoms with Crippen molar-refractivity contribution in [2.75, 3.05) is 5.32 Å². The van der Waals surface area contributed by atoms with Crippen molar-refractivity contribution < 1.29 is 4.79 Å². The number of carbonyl (C=O) groups excluding carboxylic acids is 1. The van der Waals surface area contributed by atoms with E-state index in [1.54, 1.807) is 6.20 Å². The van der Waals surface area contributed by atoms with Crippen LogP contribution < -0.4 is 11.1 Å². The molecule has 2 aliphatic rings. The fourth-order valence-corrected chi connectivity index (χ4v) is 4.85. The van der Waals surface area contributed by atoms with E-state index in [0.29, 0.717) is 6.04 Å². The maximum Gasteiger partial charge on any atom is 0.169 e. The fourth-order valence-electron chi connectivity index (χ4n) is 4.85. The molecule has 0 aliphatic heterocycles. The van der Waals surface area contributed by atoms with Crippen LogP contribution in [0.5, 0.6) is 0 Å². The lowest BCUT2D eigenvalue weighted by Crippen LogP contribution is -2.33. The number of aromatic nitrogens is 3. The number of nitrogens with two attached hydrogens (primary N) is 1. The van der Waals surface area contributed by atoms with Crippen LogP contribution in [-0.4, -0.2) is 32.8 Å². The standard InChI is InChI=1S/C26H27N5O/c27-19-4-6-20(7-5-19)31-24-21-12-16(18-11-17-9-10-28-26(17)30-13-18)3-8-23(21)29-14-22(24)25(32)15-1-2-15/h3,8-15,19-20H,1-2,4-7,27H2,(H,28,30)(H,29,31)/t19-,20-. The van der Waals surface area contributed by atoms with E-state index in [4.69, 9.17) is 5.73 Å². The second-order valence-electron chi connectivity index (χ2n) is 9.31. The van der Waals surface area contributed by atoms with Gasteiger partial charge in [0.1, 0.15) is 5.65 Å². The van der Waals surface area contributed by atoms with Gasteiger partial charge in [-0.25, -0.2) is 4.98 Å². The molecule has 6 heteroatoms. The van der Waals surface area contributed by atoms with E-state index in [-0.39, 0.29) is 17.7 Å². The first kappa shape index (κ1) is 19.4. The van der Waals surface area contributed by atoms with E-state index >= 15 is 0 Å². The summed E-state index contributed by atoms with van der Waals surface area (Å²) in [5, 5.41) is 5.82. The molecule has 4 N–H and O–H groups in total. The predicted octanol–water partition coefficient (Wildman–Crippen LogP) is 5.05. The molecule has 0 radical (unpaired) electrons. The van der Waals surface area contributed by atoms with Crippen molar-refractivity contribution in [1.82, 2.24) is 15.0 Å². The van der Waals surface area contributed by atoms with Crippen molar-refractivity contribution in [2.24, 2.45) is 11.7 Å². The fraction of sp³-hybridized carbons (Fsp3) is 0.346. The van der Waals surface area contributed by atoms with Crippen LogP contribution >= 0.6 is 0 Å². The van der Waals surface area contributed by atoms with Crippen molar-refractivity contribution in [3.63, 3.8) is 0 Å². The Labute approximate surface area is 186 Å². The van der Waals surface area contributed by atoms with Gasteiger partial charge in [-0.15, -0.1) is 0 Å².